The molecule has 5 saturated carbocycles. The van der Waals surface area contributed by atoms with Crippen LogP contribution in [0, 0.1) is 20.8 Å². The fraction of sp³-hybridized carbons (Fsp3) is 0.354. The van der Waals surface area contributed by atoms with E-state index in [9.17, 15) is 0 Å². The van der Waals surface area contributed by atoms with Crippen LogP contribution in [0.4, 0.5) is 29.1 Å². The molecular weight excluding hydrogens is 1550 g/mol. The number of oxazole rings is 1. The lowest BCUT2D eigenvalue weighted by Crippen LogP contribution is -2.07. The zero-order valence-corrected chi connectivity index (χ0v) is 67.2. The Hall–Kier alpha value is -12.4. The molecule has 5 aliphatic carbocycles. The molecule has 0 spiro atoms. The van der Waals surface area contributed by atoms with Crippen LogP contribution in [-0.2, 0) is 0 Å². The number of anilines is 5. The average molecular weight is 1630 g/mol. The van der Waals surface area contributed by atoms with Gasteiger partial charge in [-0.3, -0.25) is 0 Å². The molecule has 17 aromatic rings. The minimum Gasteiger partial charge on any atom is -0.459 e. The molecule has 33 nitrogen and oxygen atoms in total. The molecule has 0 bridgehead atoms. The maximum Gasteiger partial charge on any atom is 0.259 e. The highest BCUT2D eigenvalue weighted by Gasteiger charge is 2.32. The summed E-state index contributed by atoms with van der Waals surface area (Å²) in [6.07, 6.45) is 37.7. The SMILES string of the molecule is Cc1cc(-c2nn(C3CCCC3)c3ncnc(N)c23)sn1.Cc1cnsc1-c1nn(C2CCCC2)c2ncnc(N)c12.Cc1csc(-c2nn(C3CCCC3)c3ncnc(N)c23)c1.Nc1ncnc2c1c(-c1cc(Oc3ccccn3)co1)nn2C1CCCC1.Nc1ncnc2c1c(-c1nc(Oc3cccs3)co1)nn2C1CCCC1. The molecule has 0 atom stereocenters. The lowest BCUT2D eigenvalue weighted by Gasteiger charge is -2.09. The Morgan fingerprint density at radius 3 is 1.31 bits per heavy atom. The minimum absolute atomic E-state index is 0.317. The molecule has 0 radical (unpaired) electrons. The third-order valence-electron chi connectivity index (χ3n) is 21.8. The first-order valence-corrected chi connectivity index (χ1v) is 42.3. The van der Waals surface area contributed by atoms with Gasteiger partial charge in [0.1, 0.15) is 89.8 Å². The number of hydrogen-bond donors (Lipinski definition) is 5. The summed E-state index contributed by atoms with van der Waals surface area (Å²) in [6.45, 7) is 6.12. The molecular formula is C79H83N29O4S4. The van der Waals surface area contributed by atoms with Crippen molar-refractivity contribution in [2.75, 3.05) is 28.7 Å². The zero-order valence-electron chi connectivity index (χ0n) is 63.9. The molecule has 17 aromatic heterocycles. The summed E-state index contributed by atoms with van der Waals surface area (Å²) in [6, 6.07) is 17.2. The molecule has 5 aliphatic rings. The number of aryl methyl sites for hydroxylation is 3. The quantitative estimate of drug-likeness (QED) is 0.0675. The standard InChI is InChI=1S/C19H18N6O2.C17H16N6O2S.C15H17N5S.2C14H16N6S/c20-18-16-17(14-9-13(10-26-14)27-15-7-3-4-8-21-15)24-25(12-5-1-2-6-12)19(16)23-11-22-18;18-15-13-14(17-21-11(8-24-17)25-12-6-3-7-26-12)22-23(10-4-1-2-5-10)16(13)20-9-19-15;1-9-6-11(21-7-9)13-12-14(16)17-8-18-15(12)20(19-13)10-4-2-3-5-10;1-8-6-18-21-12(8)11-10-13(15)16-7-17-14(10)20(19-11)9-4-2-3-5-9;1-8-6-10(21-19-8)12-11-13(15)16-7-17-14(11)20(18-12)9-4-2-3-5-9/h3-4,7-12H,1-2,5-6H2,(H2,20,22,23);3,6-10H,1-2,4-5H2,(H2,18,19,20);6-8,10H,2-5H2,1H3,(H2,16,17,18);2*6-7,9H,2-5H2,1H3,(H2,15,16,17). The molecule has 0 amide bonds. The van der Waals surface area contributed by atoms with E-state index in [4.69, 9.17) is 72.5 Å². The van der Waals surface area contributed by atoms with Gasteiger partial charge in [0.05, 0.1) is 77.5 Å². The van der Waals surface area contributed by atoms with E-state index in [0.29, 0.717) is 111 Å². The van der Waals surface area contributed by atoms with Gasteiger partial charge in [-0.15, -0.1) is 22.7 Å². The smallest absolute Gasteiger partial charge is 0.259 e. The van der Waals surface area contributed by atoms with Gasteiger partial charge in [0.25, 0.3) is 11.8 Å². The molecule has 0 aliphatic heterocycles. The molecule has 5 fully saturated rings. The van der Waals surface area contributed by atoms with Crippen molar-refractivity contribution in [1.82, 2.24) is 117 Å². The first-order chi connectivity index (χ1) is 56.8. The number of nitrogens with zero attached hydrogens (tertiary/aromatic N) is 24. The van der Waals surface area contributed by atoms with Crippen molar-refractivity contribution < 1.29 is 18.3 Å². The van der Waals surface area contributed by atoms with E-state index in [1.807, 2.05) is 69.8 Å². The van der Waals surface area contributed by atoms with Gasteiger partial charge in [-0.05, 0) is 160 Å². The number of furan rings is 1. The summed E-state index contributed by atoms with van der Waals surface area (Å²) < 4.78 is 41.4. The van der Waals surface area contributed by atoms with Gasteiger partial charge in [0.15, 0.2) is 56.8 Å². The fourth-order valence-corrected chi connectivity index (χ4v) is 19.2. The van der Waals surface area contributed by atoms with Crippen LogP contribution in [-0.4, -0.2) is 117 Å². The van der Waals surface area contributed by atoms with Gasteiger partial charge in [0.2, 0.25) is 5.88 Å². The summed E-state index contributed by atoms with van der Waals surface area (Å²) in [5.41, 5.74) is 41.8. The number of nitrogen functional groups attached to an aromatic ring is 5. The third-order valence-corrected chi connectivity index (χ3v) is 25.4. The number of rotatable bonds is 14. The van der Waals surface area contributed by atoms with Gasteiger partial charge in [-0.2, -0.15) is 34.9 Å². The zero-order chi connectivity index (χ0) is 78.9. The summed E-state index contributed by atoms with van der Waals surface area (Å²) in [4.78, 5) is 54.6. The van der Waals surface area contributed by atoms with Gasteiger partial charge in [-0.25, -0.2) is 82.6 Å². The molecule has 17 heterocycles. The fourth-order valence-electron chi connectivity index (χ4n) is 16.2. The molecule has 116 heavy (non-hydrogen) atoms. The van der Waals surface area contributed by atoms with Crippen LogP contribution in [0.2, 0.25) is 0 Å². The van der Waals surface area contributed by atoms with Crippen LogP contribution in [0.1, 0.15) is 175 Å². The van der Waals surface area contributed by atoms with E-state index < -0.39 is 0 Å². The Morgan fingerprint density at radius 2 is 0.879 bits per heavy atom. The van der Waals surface area contributed by atoms with E-state index in [1.54, 1.807) is 29.7 Å². The summed E-state index contributed by atoms with van der Waals surface area (Å²) in [7, 11) is 0. The van der Waals surface area contributed by atoms with Gasteiger partial charge in [-0.1, -0.05) is 70.3 Å². The number of thiophene rings is 2. The summed E-state index contributed by atoms with van der Waals surface area (Å²) >= 11 is 6.07. The monoisotopic (exact) mass is 1630 g/mol. The Kier molecular flexibility index (Phi) is 21.3. The molecule has 0 aromatic carbocycles. The molecule has 10 N–H and O–H groups in total. The number of pyridine rings is 1. The Balaban J connectivity index is 0.000000101. The van der Waals surface area contributed by atoms with E-state index in [-0.39, 0.29) is 0 Å². The Bertz CT molecular complexity index is 6140. The molecule has 592 valence electrons. The highest BCUT2D eigenvalue weighted by molar-refractivity contribution is 7.13. The lowest BCUT2D eigenvalue weighted by atomic mass is 10.2. The molecule has 0 unspecified atom stereocenters. The predicted octanol–water partition coefficient (Wildman–Crippen LogP) is 17.5. The highest BCUT2D eigenvalue weighted by atomic mass is 32.1. The first-order valence-electron chi connectivity index (χ1n) is 39.0. The van der Waals surface area contributed by atoms with Crippen LogP contribution in [0.15, 0.2) is 125 Å². The lowest BCUT2D eigenvalue weighted by molar-refractivity contribution is 0.450. The maximum absolute atomic E-state index is 6.15. The van der Waals surface area contributed by atoms with Gasteiger partial charge >= 0.3 is 0 Å². The number of ether oxygens (including phenoxy) is 2. The van der Waals surface area contributed by atoms with Crippen LogP contribution in [0.5, 0.6) is 22.6 Å². The number of aromatic nitrogens is 24. The number of nitrogens with two attached hydrogens (primary N) is 5. The van der Waals surface area contributed by atoms with Crippen molar-refractivity contribution in [3.05, 3.63) is 133 Å². The van der Waals surface area contributed by atoms with Crippen LogP contribution in [0.3, 0.4) is 0 Å². The summed E-state index contributed by atoms with van der Waals surface area (Å²) in [5.74, 6) is 4.58. The largest absolute Gasteiger partial charge is 0.459 e. The topological polar surface area (TPSA) is 444 Å². The van der Waals surface area contributed by atoms with E-state index in [0.717, 1.165) is 144 Å². The van der Waals surface area contributed by atoms with Crippen LogP contribution < -0.4 is 38.1 Å². The van der Waals surface area contributed by atoms with Crippen molar-refractivity contribution in [3.63, 3.8) is 0 Å². The predicted molar refractivity (Wildman–Crippen MR) is 448 cm³/mol. The van der Waals surface area contributed by atoms with E-state index in [2.05, 4.69) is 96.3 Å². The normalized spacial score (nSPS) is 15.5. The van der Waals surface area contributed by atoms with Crippen molar-refractivity contribution in [2.24, 2.45) is 0 Å². The Labute approximate surface area is 679 Å². The van der Waals surface area contributed by atoms with E-state index in [1.165, 1.54) is 161 Å². The van der Waals surface area contributed by atoms with Gasteiger partial charge < -0.3 is 47.0 Å². The number of hydrogen-bond acceptors (Lipinski definition) is 32. The third kappa shape index (κ3) is 15.0. The van der Waals surface area contributed by atoms with Gasteiger partial charge in [0, 0.05) is 24.5 Å². The van der Waals surface area contributed by atoms with Crippen molar-refractivity contribution in [3.8, 4) is 77.3 Å². The molecule has 22 rings (SSSR count). The Morgan fingerprint density at radius 1 is 0.422 bits per heavy atom. The average Bonchev–Trinajstić information content (AvgIpc) is 1.63. The second-order valence-corrected chi connectivity index (χ2v) is 33.0. The van der Waals surface area contributed by atoms with Crippen molar-refractivity contribution in [2.45, 2.75) is 179 Å². The molecule has 37 heteroatoms. The van der Waals surface area contributed by atoms with Crippen molar-refractivity contribution in [1.29, 1.82) is 0 Å². The molecule has 0 saturated heterocycles. The van der Waals surface area contributed by atoms with Crippen molar-refractivity contribution >= 4 is 130 Å². The number of fused-ring (bicyclic) bond motifs is 5. The van der Waals surface area contributed by atoms with E-state index >= 15 is 0 Å². The maximum atomic E-state index is 6.15. The van der Waals surface area contributed by atoms with Crippen LogP contribution in [0.25, 0.3) is 110 Å². The second kappa shape index (κ2) is 32.9. The summed E-state index contributed by atoms with van der Waals surface area (Å²) in [5, 5.41) is 32.9. The second-order valence-electron chi connectivity index (χ2n) is 29.5. The minimum atomic E-state index is 0.317. The first kappa shape index (κ1) is 75.0. The van der Waals surface area contributed by atoms with Crippen LogP contribution >= 0.6 is 45.7 Å². The highest BCUT2D eigenvalue weighted by Crippen LogP contribution is 2.45.